The second kappa shape index (κ2) is 7.82. The van der Waals surface area contributed by atoms with Crippen LogP contribution in [-0.2, 0) is 8.23 Å². The molecule has 0 radical (unpaired) electrons. The molecule has 2 atom stereocenters. The molecule has 0 aromatic heterocycles. The maximum Gasteiger partial charge on any atom is 0.342 e. The lowest BCUT2D eigenvalue weighted by Crippen LogP contribution is -2.54. The van der Waals surface area contributed by atoms with E-state index in [1.165, 1.54) is 10.4 Å². The largest absolute Gasteiger partial charge is 0.428 e. The minimum atomic E-state index is -2.58. The first-order valence-electron chi connectivity index (χ1n) is 7.31. The summed E-state index contributed by atoms with van der Waals surface area (Å²) in [5.41, 5.74) is 1.76. The zero-order valence-corrected chi connectivity index (χ0v) is 16.3. The summed E-state index contributed by atoms with van der Waals surface area (Å²) in [4.78, 5) is 9.71. The van der Waals surface area contributed by atoms with Crippen molar-refractivity contribution >= 4 is 37.3 Å². The quantitative estimate of drug-likeness (QED) is 0.766. The third-order valence-electron chi connectivity index (χ3n) is 3.33. The van der Waals surface area contributed by atoms with Gasteiger partial charge in [-0.2, -0.15) is 0 Å². The molecular formula is C16H22O3Si3. The van der Waals surface area contributed by atoms with Crippen molar-refractivity contribution in [2.75, 3.05) is 0 Å². The molecule has 0 aliphatic rings. The highest BCUT2D eigenvalue weighted by atomic mass is 28.5. The van der Waals surface area contributed by atoms with Gasteiger partial charge in [0, 0.05) is 0 Å². The second-order valence-electron chi connectivity index (χ2n) is 5.26. The van der Waals surface area contributed by atoms with Gasteiger partial charge < -0.3 is 13.0 Å². The minimum absolute atomic E-state index is 1.20. The number of benzene rings is 2. The van der Waals surface area contributed by atoms with Gasteiger partial charge in [-0.15, -0.1) is 6.58 Å². The van der Waals surface area contributed by atoms with E-state index in [1.807, 2.05) is 42.9 Å². The van der Waals surface area contributed by atoms with E-state index in [2.05, 4.69) is 30.8 Å². The van der Waals surface area contributed by atoms with Crippen LogP contribution in [0.15, 0.2) is 72.9 Å². The highest BCUT2D eigenvalue weighted by Gasteiger charge is 2.34. The Labute approximate surface area is 136 Å². The molecule has 0 amide bonds. The zero-order chi connectivity index (χ0) is 16.0. The average Bonchev–Trinajstić information content (AvgIpc) is 2.54. The summed E-state index contributed by atoms with van der Waals surface area (Å²) >= 11 is 0. The molecule has 0 spiro atoms. The minimum Gasteiger partial charge on any atom is -0.428 e. The first-order chi connectivity index (χ1) is 10.5. The summed E-state index contributed by atoms with van der Waals surface area (Å²) in [5, 5.41) is 2.40. The van der Waals surface area contributed by atoms with Crippen molar-refractivity contribution in [3.63, 3.8) is 0 Å². The van der Waals surface area contributed by atoms with Crippen LogP contribution in [-0.4, -0.2) is 31.7 Å². The Balaban J connectivity index is 2.35. The van der Waals surface area contributed by atoms with Gasteiger partial charge in [0.1, 0.15) is 0 Å². The molecule has 0 saturated carbocycles. The van der Waals surface area contributed by atoms with Crippen LogP contribution in [0.1, 0.15) is 0 Å². The van der Waals surface area contributed by atoms with Crippen molar-refractivity contribution in [2.45, 2.75) is 13.1 Å². The Morgan fingerprint density at radius 1 is 0.955 bits per heavy atom. The van der Waals surface area contributed by atoms with Crippen LogP contribution in [0.2, 0.25) is 13.1 Å². The summed E-state index contributed by atoms with van der Waals surface area (Å²) in [6.07, 6.45) is 0. The van der Waals surface area contributed by atoms with E-state index in [0.717, 1.165) is 0 Å². The molecule has 0 fully saturated rings. The van der Waals surface area contributed by atoms with Crippen LogP contribution < -0.4 is 10.4 Å². The maximum absolute atomic E-state index is 9.71. The molecule has 0 saturated heterocycles. The summed E-state index contributed by atoms with van der Waals surface area (Å²) in [6, 6.07) is 20.5. The fraction of sp³-hybridized carbons (Fsp3) is 0.125. The molecule has 0 bridgehead atoms. The first kappa shape index (κ1) is 17.1. The topological polar surface area (TPSA) is 38.7 Å². The molecule has 3 nitrogen and oxygen atoms in total. The molecule has 2 rings (SSSR count). The van der Waals surface area contributed by atoms with E-state index in [9.17, 15) is 4.80 Å². The summed E-state index contributed by atoms with van der Waals surface area (Å²) in [6.45, 7) is 7.56. The molecule has 116 valence electrons. The molecule has 0 aliphatic carbocycles. The zero-order valence-electron chi connectivity index (χ0n) is 13.0. The van der Waals surface area contributed by atoms with E-state index in [-0.39, 0.29) is 0 Å². The van der Waals surface area contributed by atoms with E-state index in [0.29, 0.717) is 0 Å². The van der Waals surface area contributed by atoms with E-state index < -0.39 is 26.9 Å². The fourth-order valence-electron chi connectivity index (χ4n) is 2.28. The van der Waals surface area contributed by atoms with Crippen LogP contribution in [0.5, 0.6) is 0 Å². The fourth-order valence-corrected chi connectivity index (χ4v) is 11.0. The van der Waals surface area contributed by atoms with Crippen LogP contribution in [0.25, 0.3) is 0 Å². The highest BCUT2D eigenvalue weighted by molar-refractivity contribution is 6.90. The predicted molar refractivity (Wildman–Crippen MR) is 98.5 cm³/mol. The molecule has 2 unspecified atom stereocenters. The van der Waals surface area contributed by atoms with E-state index in [1.54, 1.807) is 12.2 Å². The summed E-state index contributed by atoms with van der Waals surface area (Å²) in [5.74, 6) is 0. The van der Waals surface area contributed by atoms with Crippen molar-refractivity contribution in [1.29, 1.82) is 0 Å². The number of rotatable bonds is 7. The van der Waals surface area contributed by atoms with Gasteiger partial charge in [-0.1, -0.05) is 66.4 Å². The Morgan fingerprint density at radius 3 is 1.77 bits per heavy atom. The molecule has 2 aromatic rings. The summed E-state index contributed by atoms with van der Waals surface area (Å²) in [7, 11) is -6.63. The second-order valence-corrected chi connectivity index (χ2v) is 12.9. The van der Waals surface area contributed by atoms with Gasteiger partial charge in [0.25, 0.3) is 0 Å². The normalized spacial score (nSPS) is 15.3. The monoisotopic (exact) mass is 346 g/mol. The predicted octanol–water partition coefficient (Wildman–Crippen LogP) is 1.20. The van der Waals surface area contributed by atoms with Crippen LogP contribution in [0.4, 0.5) is 0 Å². The smallest absolute Gasteiger partial charge is 0.342 e. The van der Waals surface area contributed by atoms with Crippen molar-refractivity contribution in [2.24, 2.45) is 0 Å². The number of hydrogen-bond donors (Lipinski definition) is 1. The van der Waals surface area contributed by atoms with Crippen LogP contribution in [0.3, 0.4) is 0 Å². The van der Waals surface area contributed by atoms with Gasteiger partial charge in [-0.05, 0) is 23.5 Å². The lowest BCUT2D eigenvalue weighted by molar-refractivity contribution is 0.361. The van der Waals surface area contributed by atoms with Gasteiger partial charge >= 0.3 is 17.8 Å². The third-order valence-corrected chi connectivity index (χ3v) is 12.1. The molecule has 22 heavy (non-hydrogen) atoms. The van der Waals surface area contributed by atoms with E-state index >= 15 is 0 Å². The van der Waals surface area contributed by atoms with Crippen LogP contribution in [0, 0.1) is 0 Å². The first-order valence-corrected chi connectivity index (χ1v) is 13.5. The molecule has 6 heteroatoms. The Kier molecular flexibility index (Phi) is 6.07. The summed E-state index contributed by atoms with van der Waals surface area (Å²) < 4.78 is 12.3. The van der Waals surface area contributed by atoms with Crippen molar-refractivity contribution in [1.82, 2.24) is 0 Å². The maximum atomic E-state index is 9.71. The lowest BCUT2D eigenvalue weighted by Gasteiger charge is -2.30. The SMILES string of the molecule is C=C[Si](C)(O[SiH](C)O)O[SiH](c1ccccc1)c1ccccc1. The average molecular weight is 347 g/mol. The van der Waals surface area contributed by atoms with Crippen molar-refractivity contribution < 1.29 is 13.0 Å². The highest BCUT2D eigenvalue weighted by Crippen LogP contribution is 2.12. The Bertz CT molecular complexity index is 553. The molecular weight excluding hydrogens is 324 g/mol. The molecule has 0 aliphatic heterocycles. The van der Waals surface area contributed by atoms with Crippen LogP contribution >= 0.6 is 0 Å². The lowest BCUT2D eigenvalue weighted by atomic mass is 10.4. The molecule has 0 heterocycles. The Hall–Kier alpha value is -1.29. The number of hydrogen-bond acceptors (Lipinski definition) is 3. The van der Waals surface area contributed by atoms with Gasteiger partial charge in [-0.25, -0.2) is 0 Å². The standard InChI is InChI=1S/C16H22O3Si3/c1-4-22(3,18-20(2)17)19-21(15-11-7-5-8-12-15)16-13-9-6-10-14-16/h4-14,17,20-21H,1H2,2-3H3. The van der Waals surface area contributed by atoms with Crippen molar-refractivity contribution in [3.8, 4) is 0 Å². The molecule has 1 N–H and O–H groups in total. The van der Waals surface area contributed by atoms with Gasteiger partial charge in [-0.3, -0.25) is 0 Å². The van der Waals surface area contributed by atoms with Gasteiger partial charge in [0.2, 0.25) is 9.04 Å². The van der Waals surface area contributed by atoms with Gasteiger partial charge in [0.05, 0.1) is 0 Å². The molecule has 2 aromatic carbocycles. The van der Waals surface area contributed by atoms with E-state index in [4.69, 9.17) is 8.23 Å². The van der Waals surface area contributed by atoms with Crippen molar-refractivity contribution in [3.05, 3.63) is 72.9 Å². The third kappa shape index (κ3) is 4.60. The Morgan fingerprint density at radius 2 is 1.41 bits per heavy atom. The van der Waals surface area contributed by atoms with Gasteiger partial charge in [0.15, 0.2) is 0 Å².